The standard InChI is InChI=1S/C15H28N2/c1-2-4-8-15(7-3-1)12-17(13-15)10-6-14-5-9-16-11-14/h14,16H,1-13H2. The molecule has 1 aliphatic carbocycles. The lowest BCUT2D eigenvalue weighted by Crippen LogP contribution is -2.56. The van der Waals surface area contributed by atoms with Crippen LogP contribution >= 0.6 is 0 Å². The van der Waals surface area contributed by atoms with Crippen LogP contribution in [0.15, 0.2) is 0 Å². The summed E-state index contributed by atoms with van der Waals surface area (Å²) in [5, 5.41) is 3.48. The van der Waals surface area contributed by atoms with Gasteiger partial charge in [-0.1, -0.05) is 25.7 Å². The molecular weight excluding hydrogens is 208 g/mol. The van der Waals surface area contributed by atoms with E-state index in [2.05, 4.69) is 10.2 Å². The van der Waals surface area contributed by atoms with Gasteiger partial charge in [0.15, 0.2) is 0 Å². The van der Waals surface area contributed by atoms with Crippen molar-refractivity contribution in [2.24, 2.45) is 11.3 Å². The van der Waals surface area contributed by atoms with Crippen LogP contribution in [0, 0.1) is 11.3 Å². The van der Waals surface area contributed by atoms with Crippen LogP contribution in [0.25, 0.3) is 0 Å². The Morgan fingerprint density at radius 1 is 1.06 bits per heavy atom. The Bertz CT molecular complexity index is 229. The molecule has 1 saturated carbocycles. The van der Waals surface area contributed by atoms with Crippen molar-refractivity contribution in [3.05, 3.63) is 0 Å². The molecule has 0 amide bonds. The Hall–Kier alpha value is -0.0800. The highest BCUT2D eigenvalue weighted by molar-refractivity contribution is 4.95. The van der Waals surface area contributed by atoms with Crippen LogP contribution in [0.2, 0.25) is 0 Å². The summed E-state index contributed by atoms with van der Waals surface area (Å²) in [5.41, 5.74) is 0.768. The second-order valence-electron chi connectivity index (χ2n) is 6.77. The van der Waals surface area contributed by atoms with Gasteiger partial charge in [-0.05, 0) is 56.7 Å². The number of nitrogens with one attached hydrogen (secondary N) is 1. The van der Waals surface area contributed by atoms with E-state index in [4.69, 9.17) is 0 Å². The minimum Gasteiger partial charge on any atom is -0.316 e. The smallest absolute Gasteiger partial charge is 0.00505 e. The van der Waals surface area contributed by atoms with Crippen molar-refractivity contribution >= 4 is 0 Å². The number of hydrogen-bond donors (Lipinski definition) is 1. The zero-order valence-electron chi connectivity index (χ0n) is 11.2. The first kappa shape index (κ1) is 12.0. The average Bonchev–Trinajstić information content (AvgIpc) is 2.68. The first-order valence-electron chi connectivity index (χ1n) is 7.79. The topological polar surface area (TPSA) is 15.3 Å². The quantitative estimate of drug-likeness (QED) is 0.810. The van der Waals surface area contributed by atoms with E-state index in [9.17, 15) is 0 Å². The molecule has 3 aliphatic rings. The first-order valence-corrected chi connectivity index (χ1v) is 7.79. The zero-order chi connectivity index (χ0) is 11.6. The molecule has 98 valence electrons. The van der Waals surface area contributed by atoms with Crippen molar-refractivity contribution in [2.75, 3.05) is 32.7 Å². The van der Waals surface area contributed by atoms with Crippen molar-refractivity contribution in [1.29, 1.82) is 0 Å². The molecule has 0 aromatic heterocycles. The molecule has 2 saturated heterocycles. The van der Waals surface area contributed by atoms with Gasteiger partial charge in [-0.25, -0.2) is 0 Å². The second-order valence-corrected chi connectivity index (χ2v) is 6.77. The summed E-state index contributed by atoms with van der Waals surface area (Å²) < 4.78 is 0. The summed E-state index contributed by atoms with van der Waals surface area (Å²) in [4.78, 5) is 2.73. The largest absolute Gasteiger partial charge is 0.316 e. The van der Waals surface area contributed by atoms with E-state index in [0.29, 0.717) is 0 Å². The second kappa shape index (κ2) is 5.27. The molecule has 1 N–H and O–H groups in total. The average molecular weight is 236 g/mol. The van der Waals surface area contributed by atoms with Crippen LogP contribution in [0.3, 0.4) is 0 Å². The Labute approximate surface area is 106 Å². The summed E-state index contributed by atoms with van der Waals surface area (Å²) in [5.74, 6) is 0.973. The van der Waals surface area contributed by atoms with Gasteiger partial charge in [0, 0.05) is 13.1 Å². The summed E-state index contributed by atoms with van der Waals surface area (Å²) in [6.45, 7) is 6.75. The van der Waals surface area contributed by atoms with Gasteiger partial charge in [0.25, 0.3) is 0 Å². The molecule has 0 bridgehead atoms. The molecule has 3 rings (SSSR count). The van der Waals surface area contributed by atoms with E-state index in [-0.39, 0.29) is 0 Å². The highest BCUT2D eigenvalue weighted by Crippen LogP contribution is 2.42. The van der Waals surface area contributed by atoms with Gasteiger partial charge in [0.2, 0.25) is 0 Å². The SMILES string of the molecule is C1CCCC2(CC1)CN(CCC1CCNC1)C2. The molecule has 0 aromatic carbocycles. The molecule has 2 nitrogen and oxygen atoms in total. The monoisotopic (exact) mass is 236 g/mol. The Morgan fingerprint density at radius 3 is 2.47 bits per heavy atom. The normalized spacial score (nSPS) is 33.5. The first-order chi connectivity index (χ1) is 8.36. The van der Waals surface area contributed by atoms with Gasteiger partial charge >= 0.3 is 0 Å². The fourth-order valence-electron chi connectivity index (χ4n) is 4.18. The highest BCUT2D eigenvalue weighted by Gasteiger charge is 2.42. The highest BCUT2D eigenvalue weighted by atomic mass is 15.2. The van der Waals surface area contributed by atoms with Crippen molar-refractivity contribution in [3.63, 3.8) is 0 Å². The predicted octanol–water partition coefficient (Wildman–Crippen LogP) is 2.64. The third-order valence-corrected chi connectivity index (χ3v) is 5.30. The van der Waals surface area contributed by atoms with E-state index in [1.807, 2.05) is 0 Å². The fourth-order valence-corrected chi connectivity index (χ4v) is 4.18. The molecular formula is C15H28N2. The van der Waals surface area contributed by atoms with Crippen LogP contribution in [-0.2, 0) is 0 Å². The number of nitrogens with zero attached hydrogens (tertiary/aromatic N) is 1. The van der Waals surface area contributed by atoms with Crippen LogP contribution < -0.4 is 5.32 Å². The number of likely N-dealkylation sites (tertiary alicyclic amines) is 1. The molecule has 2 aliphatic heterocycles. The summed E-state index contributed by atoms with van der Waals surface area (Å²) in [6.07, 6.45) is 11.9. The van der Waals surface area contributed by atoms with E-state index in [1.54, 1.807) is 0 Å². The molecule has 0 aromatic rings. The summed E-state index contributed by atoms with van der Waals surface area (Å²) >= 11 is 0. The van der Waals surface area contributed by atoms with Crippen LogP contribution in [0.1, 0.15) is 51.4 Å². The number of hydrogen-bond acceptors (Lipinski definition) is 2. The molecule has 1 unspecified atom stereocenters. The van der Waals surface area contributed by atoms with Gasteiger partial charge in [0.05, 0.1) is 0 Å². The Kier molecular flexibility index (Phi) is 3.72. The van der Waals surface area contributed by atoms with Crippen molar-refractivity contribution in [2.45, 2.75) is 51.4 Å². The molecule has 0 radical (unpaired) electrons. The molecule has 2 heterocycles. The number of rotatable bonds is 3. The van der Waals surface area contributed by atoms with Crippen LogP contribution in [0.5, 0.6) is 0 Å². The van der Waals surface area contributed by atoms with Crippen molar-refractivity contribution in [3.8, 4) is 0 Å². The van der Waals surface area contributed by atoms with Crippen molar-refractivity contribution in [1.82, 2.24) is 10.2 Å². The predicted molar refractivity (Wildman–Crippen MR) is 72.2 cm³/mol. The lowest BCUT2D eigenvalue weighted by molar-refractivity contribution is -0.0143. The van der Waals surface area contributed by atoms with Gasteiger partial charge < -0.3 is 10.2 Å². The van der Waals surface area contributed by atoms with E-state index >= 15 is 0 Å². The molecule has 1 atom stereocenters. The maximum Gasteiger partial charge on any atom is 0.00505 e. The maximum atomic E-state index is 3.48. The molecule has 3 fully saturated rings. The van der Waals surface area contributed by atoms with E-state index < -0.39 is 0 Å². The van der Waals surface area contributed by atoms with E-state index in [0.717, 1.165) is 11.3 Å². The van der Waals surface area contributed by atoms with E-state index in [1.165, 1.54) is 84.1 Å². The third-order valence-electron chi connectivity index (χ3n) is 5.30. The van der Waals surface area contributed by atoms with Gasteiger partial charge in [-0.3, -0.25) is 0 Å². The third kappa shape index (κ3) is 2.85. The Morgan fingerprint density at radius 2 is 1.82 bits per heavy atom. The molecule has 1 spiro atoms. The maximum absolute atomic E-state index is 3.48. The van der Waals surface area contributed by atoms with Gasteiger partial charge in [-0.2, -0.15) is 0 Å². The minimum absolute atomic E-state index is 0.768. The molecule has 2 heteroatoms. The van der Waals surface area contributed by atoms with Gasteiger partial charge in [0.1, 0.15) is 0 Å². The summed E-state index contributed by atoms with van der Waals surface area (Å²) in [7, 11) is 0. The fraction of sp³-hybridized carbons (Fsp3) is 1.00. The molecule has 17 heavy (non-hydrogen) atoms. The lowest BCUT2D eigenvalue weighted by atomic mass is 9.73. The van der Waals surface area contributed by atoms with Crippen LogP contribution in [-0.4, -0.2) is 37.6 Å². The minimum atomic E-state index is 0.768. The van der Waals surface area contributed by atoms with Gasteiger partial charge in [-0.15, -0.1) is 0 Å². The zero-order valence-corrected chi connectivity index (χ0v) is 11.2. The Balaban J connectivity index is 1.38. The van der Waals surface area contributed by atoms with Crippen LogP contribution in [0.4, 0.5) is 0 Å². The summed E-state index contributed by atoms with van der Waals surface area (Å²) in [6, 6.07) is 0. The van der Waals surface area contributed by atoms with Crippen molar-refractivity contribution < 1.29 is 0 Å². The lowest BCUT2D eigenvalue weighted by Gasteiger charge is -2.51.